The number of nitrogens with zero attached hydrogens (tertiary/aromatic N) is 1. The number of aromatic amines is 3. The van der Waals surface area contributed by atoms with Gasteiger partial charge in [-0.05, 0) is 32.2 Å². The van der Waals surface area contributed by atoms with Crippen LogP contribution in [0.4, 0.5) is 0 Å². The van der Waals surface area contributed by atoms with Gasteiger partial charge in [-0.2, -0.15) is 0 Å². The van der Waals surface area contributed by atoms with E-state index in [0.717, 1.165) is 16.8 Å². The predicted octanol–water partition coefficient (Wildman–Crippen LogP) is -0.656. The summed E-state index contributed by atoms with van der Waals surface area (Å²) in [5.41, 5.74) is -3.92. The standard InChI is InChI=1S/C18H27N6O9PS/c1-8(19)9(2)23-34(31,35-7-10-14(27)22-16(28)20-10)32-6-11-13(26)18(3,30)15(33-11)24-5-4-12(25)21-17(24)29/h4-5,9,11,13,15,19,26-27,30H,6-7H2,1-3H3,(H,23,31)(H2,20,22,28)(H,21,25,29). The van der Waals surface area contributed by atoms with Crippen molar-refractivity contribution < 1.29 is 29.1 Å². The second kappa shape index (κ2) is 10.3. The average Bonchev–Trinajstić information content (AvgIpc) is 3.20. The van der Waals surface area contributed by atoms with Crippen molar-refractivity contribution in [1.29, 1.82) is 5.41 Å². The van der Waals surface area contributed by atoms with Crippen LogP contribution in [0.15, 0.2) is 26.6 Å². The monoisotopic (exact) mass is 534 g/mol. The van der Waals surface area contributed by atoms with Crippen LogP contribution in [0, 0.1) is 5.41 Å². The summed E-state index contributed by atoms with van der Waals surface area (Å²) in [7, 11) is 0. The number of imidazole rings is 1. The number of H-pyrrole nitrogens is 3. The molecule has 0 saturated carbocycles. The molecule has 1 saturated heterocycles. The van der Waals surface area contributed by atoms with Gasteiger partial charge in [0.2, 0.25) is 5.88 Å². The number of hydrogen-bond acceptors (Lipinski definition) is 11. The number of aromatic nitrogens is 4. The number of rotatable bonds is 10. The zero-order valence-electron chi connectivity index (χ0n) is 19.0. The number of aliphatic hydroxyl groups is 2. The smallest absolute Gasteiger partial charge is 0.330 e. The number of ether oxygens (including phenoxy) is 1. The van der Waals surface area contributed by atoms with Crippen LogP contribution in [0.3, 0.4) is 0 Å². The summed E-state index contributed by atoms with van der Waals surface area (Å²) in [4.78, 5) is 41.4. The fraction of sp³-hybridized carbons (Fsp3) is 0.556. The first-order valence-electron chi connectivity index (χ1n) is 10.3. The van der Waals surface area contributed by atoms with Crippen molar-refractivity contribution in [3.8, 4) is 5.88 Å². The van der Waals surface area contributed by atoms with Gasteiger partial charge in [0.1, 0.15) is 17.8 Å². The van der Waals surface area contributed by atoms with Crippen molar-refractivity contribution in [3.05, 3.63) is 49.3 Å². The Labute approximate surface area is 201 Å². The lowest BCUT2D eigenvalue weighted by molar-refractivity contribution is -0.0984. The Balaban J connectivity index is 1.78. The minimum Gasteiger partial charge on any atom is -0.493 e. The second-order valence-electron chi connectivity index (χ2n) is 8.22. The molecule has 6 unspecified atom stereocenters. The van der Waals surface area contributed by atoms with Gasteiger partial charge in [0.25, 0.3) is 5.56 Å². The number of aromatic hydroxyl groups is 1. The van der Waals surface area contributed by atoms with Gasteiger partial charge in [0.05, 0.1) is 18.3 Å². The minimum atomic E-state index is -3.84. The van der Waals surface area contributed by atoms with Crippen LogP contribution >= 0.6 is 18.1 Å². The van der Waals surface area contributed by atoms with E-state index in [1.54, 1.807) is 6.92 Å². The second-order valence-corrected chi connectivity index (χ2v) is 12.5. The number of hydrogen-bond donors (Lipinski definition) is 8. The highest BCUT2D eigenvalue weighted by Crippen LogP contribution is 2.58. The zero-order chi connectivity index (χ0) is 26.1. The molecule has 8 N–H and O–H groups in total. The first kappa shape index (κ1) is 27.1. The molecule has 2 aromatic rings. The van der Waals surface area contributed by atoms with Crippen LogP contribution in [-0.2, 0) is 19.6 Å². The van der Waals surface area contributed by atoms with Gasteiger partial charge in [-0.15, -0.1) is 0 Å². The van der Waals surface area contributed by atoms with Crippen LogP contribution in [0.2, 0.25) is 0 Å². The van der Waals surface area contributed by atoms with Gasteiger partial charge in [-0.1, -0.05) is 0 Å². The summed E-state index contributed by atoms with van der Waals surface area (Å²) >= 11 is 0.717. The molecule has 0 spiro atoms. The molecular weight excluding hydrogens is 507 g/mol. The van der Waals surface area contributed by atoms with Crippen LogP contribution < -0.4 is 22.0 Å². The fourth-order valence-electron chi connectivity index (χ4n) is 3.27. The zero-order valence-corrected chi connectivity index (χ0v) is 20.7. The summed E-state index contributed by atoms with van der Waals surface area (Å²) in [5, 5.41) is 41.7. The van der Waals surface area contributed by atoms with Crippen molar-refractivity contribution in [2.24, 2.45) is 0 Å². The van der Waals surface area contributed by atoms with Crippen LogP contribution in [0.25, 0.3) is 0 Å². The van der Waals surface area contributed by atoms with Crippen molar-refractivity contribution >= 4 is 23.8 Å². The Morgan fingerprint density at radius 1 is 1.40 bits per heavy atom. The van der Waals surface area contributed by atoms with Gasteiger partial charge < -0.3 is 35.0 Å². The van der Waals surface area contributed by atoms with E-state index in [9.17, 15) is 34.3 Å². The molecule has 1 fully saturated rings. The lowest BCUT2D eigenvalue weighted by atomic mass is 9.96. The summed E-state index contributed by atoms with van der Waals surface area (Å²) in [6, 6.07) is 0.380. The highest BCUT2D eigenvalue weighted by Gasteiger charge is 2.54. The van der Waals surface area contributed by atoms with Crippen molar-refractivity contribution in [1.82, 2.24) is 24.6 Å². The van der Waals surface area contributed by atoms with Crippen LogP contribution in [0.1, 0.15) is 32.7 Å². The molecule has 3 rings (SSSR count). The molecule has 0 amide bonds. The molecule has 1 aliphatic rings. The molecule has 0 radical (unpaired) electrons. The molecule has 0 bridgehead atoms. The van der Waals surface area contributed by atoms with Gasteiger partial charge in [0.15, 0.2) is 6.23 Å². The number of nitrogens with one attached hydrogen (secondary N) is 5. The largest absolute Gasteiger partial charge is 0.493 e. The average molecular weight is 534 g/mol. The molecule has 6 atom stereocenters. The molecular formula is C18H27N6O9PS. The quantitative estimate of drug-likeness (QED) is 0.141. The minimum absolute atomic E-state index is 0.0717. The Hall–Kier alpha value is -2.46. The van der Waals surface area contributed by atoms with E-state index in [2.05, 4.69) is 15.1 Å². The molecule has 35 heavy (non-hydrogen) atoms. The van der Waals surface area contributed by atoms with Gasteiger partial charge in [-0.25, -0.2) is 14.7 Å². The third kappa shape index (κ3) is 6.03. The van der Waals surface area contributed by atoms with E-state index in [4.69, 9.17) is 14.7 Å². The molecule has 2 aromatic heterocycles. The normalized spacial score (nSPS) is 26.9. The third-order valence-corrected chi connectivity index (χ3v) is 9.42. The van der Waals surface area contributed by atoms with E-state index in [1.165, 1.54) is 13.8 Å². The van der Waals surface area contributed by atoms with E-state index in [-0.39, 0.29) is 17.2 Å². The molecule has 0 aliphatic carbocycles. The summed E-state index contributed by atoms with van der Waals surface area (Å²) in [6.07, 6.45) is -3.09. The van der Waals surface area contributed by atoms with E-state index in [0.29, 0.717) is 11.4 Å². The summed E-state index contributed by atoms with van der Waals surface area (Å²) in [6.45, 7) is -0.0293. The maximum atomic E-state index is 13.5. The fourth-order valence-corrected chi connectivity index (χ4v) is 7.02. The lowest BCUT2D eigenvalue weighted by Crippen LogP contribution is -2.46. The van der Waals surface area contributed by atoms with Crippen molar-refractivity contribution in [3.63, 3.8) is 0 Å². The Morgan fingerprint density at radius 3 is 2.66 bits per heavy atom. The Morgan fingerprint density at radius 2 is 2.09 bits per heavy atom. The lowest BCUT2D eigenvalue weighted by Gasteiger charge is -2.27. The van der Waals surface area contributed by atoms with Crippen LogP contribution in [-0.4, -0.2) is 71.0 Å². The van der Waals surface area contributed by atoms with Gasteiger partial charge >= 0.3 is 18.1 Å². The SMILES string of the molecule is CC(=N)C(C)NP(=O)(OCC1OC(n2ccc(=O)[nH]c2=O)C(C)(O)C1O)SCc1[nH]c(=O)[nH]c1O. The maximum absolute atomic E-state index is 13.5. The van der Waals surface area contributed by atoms with Gasteiger partial charge in [-0.3, -0.25) is 23.9 Å². The van der Waals surface area contributed by atoms with Crippen molar-refractivity contribution in [2.75, 3.05) is 6.61 Å². The highest BCUT2D eigenvalue weighted by molar-refractivity contribution is 8.55. The molecule has 3 heterocycles. The first-order chi connectivity index (χ1) is 16.2. The maximum Gasteiger partial charge on any atom is 0.330 e. The first-order valence-corrected chi connectivity index (χ1v) is 13.5. The molecule has 194 valence electrons. The van der Waals surface area contributed by atoms with Crippen LogP contribution in [0.5, 0.6) is 5.88 Å². The van der Waals surface area contributed by atoms with E-state index in [1.807, 2.05) is 4.98 Å². The topological polar surface area (TPSA) is 236 Å². The number of aliphatic hydroxyl groups excluding tert-OH is 1. The highest BCUT2D eigenvalue weighted by atomic mass is 32.7. The summed E-state index contributed by atoms with van der Waals surface area (Å²) < 4.78 is 25.7. The molecule has 17 heteroatoms. The molecule has 1 aliphatic heterocycles. The predicted molar refractivity (Wildman–Crippen MR) is 126 cm³/mol. The van der Waals surface area contributed by atoms with E-state index < -0.39 is 66.2 Å². The molecule has 15 nitrogen and oxygen atoms in total. The van der Waals surface area contributed by atoms with Gasteiger partial charge in [0, 0.05) is 23.7 Å². The van der Waals surface area contributed by atoms with E-state index >= 15 is 0 Å². The Kier molecular flexibility index (Phi) is 7.96. The summed E-state index contributed by atoms with van der Waals surface area (Å²) in [5.74, 6) is -0.565. The third-order valence-electron chi connectivity index (χ3n) is 5.43. The van der Waals surface area contributed by atoms with Crippen molar-refractivity contribution in [2.45, 2.75) is 56.6 Å². The Bertz CT molecular complexity index is 1300. The molecule has 0 aromatic carbocycles.